The van der Waals surface area contributed by atoms with Crippen LogP contribution in [-0.4, -0.2) is 109 Å². The Morgan fingerprint density at radius 2 is 1.45 bits per heavy atom. The molecule has 0 unspecified atom stereocenters. The van der Waals surface area contributed by atoms with Crippen molar-refractivity contribution in [1.29, 1.82) is 0 Å². The SMILES string of the molecule is CNCC[NH+]=C(N)CCCCCCC(N)=NCCNC(=O)[C@H](O)[C@@H](O)[C@@H](O)[C@H](O)C(=O)NC. The summed E-state index contributed by atoms with van der Waals surface area (Å²) < 4.78 is 0. The van der Waals surface area contributed by atoms with Gasteiger partial charge in [0.2, 0.25) is 5.84 Å². The van der Waals surface area contributed by atoms with Gasteiger partial charge in [-0.3, -0.25) is 25.3 Å². The number of hydrogen-bond donors (Lipinski definition) is 10. The summed E-state index contributed by atoms with van der Waals surface area (Å²) in [6, 6.07) is 0. The minimum atomic E-state index is -2.05. The third kappa shape index (κ3) is 13.7. The average Bonchev–Trinajstić information content (AvgIpc) is 2.81. The van der Waals surface area contributed by atoms with Gasteiger partial charge in [0.15, 0.2) is 12.2 Å². The van der Waals surface area contributed by atoms with Crippen molar-refractivity contribution in [1.82, 2.24) is 16.0 Å². The van der Waals surface area contributed by atoms with Crippen molar-refractivity contribution in [3.05, 3.63) is 0 Å². The van der Waals surface area contributed by atoms with Crippen molar-refractivity contribution >= 4 is 23.5 Å². The van der Waals surface area contributed by atoms with Crippen LogP contribution in [-0.2, 0) is 9.59 Å². The number of amides is 2. The van der Waals surface area contributed by atoms with E-state index in [1.807, 2.05) is 7.05 Å². The highest BCUT2D eigenvalue weighted by molar-refractivity contribution is 5.83. The second kappa shape index (κ2) is 18.1. The molecule has 0 aromatic carbocycles. The number of nitrogens with one attached hydrogen (secondary N) is 4. The highest BCUT2D eigenvalue weighted by atomic mass is 16.4. The molecule has 12 N–H and O–H groups in total. The molecule has 0 radical (unpaired) electrons. The summed E-state index contributed by atoms with van der Waals surface area (Å²) in [4.78, 5) is 30.4. The molecular weight excluding hydrogens is 434 g/mol. The lowest BCUT2D eigenvalue weighted by atomic mass is 10.0. The number of aliphatic hydroxyl groups excluding tert-OH is 4. The van der Waals surface area contributed by atoms with Gasteiger partial charge in [-0.15, -0.1) is 0 Å². The Morgan fingerprint density at radius 1 is 0.879 bits per heavy atom. The molecule has 192 valence electrons. The Labute approximate surface area is 194 Å². The van der Waals surface area contributed by atoms with Crippen molar-refractivity contribution in [3.63, 3.8) is 0 Å². The number of likely N-dealkylation sites (N-methyl/N-ethyl adjacent to an activating group) is 2. The lowest BCUT2D eigenvalue weighted by Crippen LogP contribution is -2.77. The van der Waals surface area contributed by atoms with E-state index in [0.717, 1.165) is 51.0 Å². The standard InChI is InChI=1S/C20H41N7O6/c1-23-9-10-25-13(21)7-5-3-4-6-8-14(22)26-11-12-27-20(33)18(31)16(29)15(28)17(30)19(32)24-2/h15-18,23,28-31H,3-12H2,1-2H3,(H2,21,25)(H2,22,26)(H,24,32)(H,27,33)/p+1/t15-,16+,17+,18-/m1/s1. The molecule has 0 fully saturated rings. The molecule has 0 aromatic rings. The van der Waals surface area contributed by atoms with Crippen LogP contribution in [0.1, 0.15) is 38.5 Å². The first kappa shape index (κ1) is 30.7. The molecule has 0 aliphatic rings. The van der Waals surface area contributed by atoms with Crippen LogP contribution >= 0.6 is 0 Å². The van der Waals surface area contributed by atoms with E-state index in [4.69, 9.17) is 11.5 Å². The van der Waals surface area contributed by atoms with Crippen LogP contribution in [0.5, 0.6) is 0 Å². The third-order valence-electron chi connectivity index (χ3n) is 4.86. The van der Waals surface area contributed by atoms with Gasteiger partial charge in [0.1, 0.15) is 12.2 Å². The number of hydrogen-bond acceptors (Lipinski definition) is 8. The lowest BCUT2D eigenvalue weighted by molar-refractivity contribution is -0.457. The van der Waals surface area contributed by atoms with Gasteiger partial charge in [0.25, 0.3) is 11.8 Å². The summed E-state index contributed by atoms with van der Waals surface area (Å²) in [7, 11) is 3.11. The number of carbonyl (C=O) groups is 2. The fourth-order valence-corrected chi connectivity index (χ4v) is 2.81. The highest BCUT2D eigenvalue weighted by Crippen LogP contribution is 2.06. The maximum absolute atomic E-state index is 11.9. The van der Waals surface area contributed by atoms with Crippen molar-refractivity contribution in [2.24, 2.45) is 16.5 Å². The van der Waals surface area contributed by atoms with Crippen molar-refractivity contribution < 1.29 is 35.0 Å². The van der Waals surface area contributed by atoms with E-state index in [-0.39, 0.29) is 13.1 Å². The first-order chi connectivity index (χ1) is 15.6. The monoisotopic (exact) mass is 476 g/mol. The number of carbonyl (C=O) groups excluding carboxylic acids is 2. The van der Waals surface area contributed by atoms with Crippen LogP contribution < -0.4 is 32.4 Å². The Kier molecular flexibility index (Phi) is 16.9. The van der Waals surface area contributed by atoms with Gasteiger partial charge in [0.05, 0.1) is 18.9 Å². The molecule has 13 nitrogen and oxygen atoms in total. The molecule has 2 amide bonds. The molecule has 0 spiro atoms. The molecular formula is C20H42N7O6+. The summed E-state index contributed by atoms with van der Waals surface area (Å²) in [6.45, 7) is 1.89. The largest absolute Gasteiger partial charge is 0.387 e. The zero-order chi connectivity index (χ0) is 25.2. The molecule has 0 bridgehead atoms. The van der Waals surface area contributed by atoms with Gasteiger partial charge >= 0.3 is 0 Å². The Bertz CT molecular complexity index is 632. The summed E-state index contributed by atoms with van der Waals surface area (Å²) >= 11 is 0. The molecule has 4 atom stereocenters. The fraction of sp³-hybridized carbons (Fsp3) is 0.800. The number of nitrogens with two attached hydrogens (primary N) is 2. The van der Waals surface area contributed by atoms with Gasteiger partial charge in [-0.25, -0.2) is 0 Å². The van der Waals surface area contributed by atoms with Crippen LogP contribution in [0.4, 0.5) is 0 Å². The minimum Gasteiger partial charge on any atom is -0.387 e. The number of nitrogens with zero attached hydrogens (tertiary/aromatic N) is 1. The molecule has 13 heteroatoms. The van der Waals surface area contributed by atoms with Crippen molar-refractivity contribution in [3.8, 4) is 0 Å². The maximum Gasteiger partial charge on any atom is 0.251 e. The summed E-state index contributed by atoms with van der Waals surface area (Å²) in [6.07, 6.45) is -2.78. The molecule has 33 heavy (non-hydrogen) atoms. The number of unbranched alkanes of at least 4 members (excludes halogenated alkanes) is 3. The molecule has 0 aliphatic heterocycles. The van der Waals surface area contributed by atoms with E-state index in [1.54, 1.807) is 0 Å². The number of aliphatic hydroxyl groups is 4. The predicted molar refractivity (Wildman–Crippen MR) is 124 cm³/mol. The normalized spacial score (nSPS) is 16.1. The number of amidine groups is 2. The van der Waals surface area contributed by atoms with E-state index in [0.29, 0.717) is 12.3 Å². The molecule has 0 aliphatic carbocycles. The average molecular weight is 477 g/mol. The molecule has 0 rings (SSSR count). The van der Waals surface area contributed by atoms with Crippen LogP contribution in [0.25, 0.3) is 0 Å². The molecule has 0 saturated carbocycles. The smallest absolute Gasteiger partial charge is 0.251 e. The van der Waals surface area contributed by atoms with Gasteiger partial charge in [-0.2, -0.15) is 0 Å². The van der Waals surface area contributed by atoms with E-state index >= 15 is 0 Å². The Hall–Kier alpha value is -2.32. The fourth-order valence-electron chi connectivity index (χ4n) is 2.81. The summed E-state index contributed by atoms with van der Waals surface area (Å²) in [5, 5.41) is 46.3. The van der Waals surface area contributed by atoms with Crippen LogP contribution in [0, 0.1) is 0 Å². The van der Waals surface area contributed by atoms with Crippen LogP contribution in [0.2, 0.25) is 0 Å². The lowest BCUT2D eigenvalue weighted by Gasteiger charge is -2.25. The highest BCUT2D eigenvalue weighted by Gasteiger charge is 2.36. The first-order valence-electron chi connectivity index (χ1n) is 11.2. The maximum atomic E-state index is 11.9. The zero-order valence-corrected chi connectivity index (χ0v) is 19.6. The zero-order valence-electron chi connectivity index (χ0n) is 19.6. The second-order valence-corrected chi connectivity index (χ2v) is 7.62. The van der Waals surface area contributed by atoms with Crippen molar-refractivity contribution in [2.45, 2.75) is 62.9 Å². The van der Waals surface area contributed by atoms with Crippen LogP contribution in [0.3, 0.4) is 0 Å². The summed E-state index contributed by atoms with van der Waals surface area (Å²) in [5.74, 6) is -0.688. The van der Waals surface area contributed by atoms with Gasteiger partial charge in [0, 0.05) is 33.0 Å². The first-order valence-corrected chi connectivity index (χ1v) is 11.2. The molecule has 0 aromatic heterocycles. The summed E-state index contributed by atoms with van der Waals surface area (Å²) in [5.41, 5.74) is 11.7. The van der Waals surface area contributed by atoms with E-state index in [1.165, 1.54) is 7.05 Å². The van der Waals surface area contributed by atoms with Gasteiger partial charge in [-0.1, -0.05) is 12.8 Å². The van der Waals surface area contributed by atoms with Crippen molar-refractivity contribution in [2.75, 3.05) is 40.3 Å². The van der Waals surface area contributed by atoms with Crippen LogP contribution in [0.15, 0.2) is 4.99 Å². The number of aliphatic imine (C=N–C) groups is 1. The van der Waals surface area contributed by atoms with E-state index in [9.17, 15) is 30.0 Å². The third-order valence-corrected chi connectivity index (χ3v) is 4.86. The van der Waals surface area contributed by atoms with Gasteiger partial charge < -0.3 is 42.1 Å². The Morgan fingerprint density at radius 3 is 2.03 bits per heavy atom. The second-order valence-electron chi connectivity index (χ2n) is 7.62. The molecule has 0 heterocycles. The van der Waals surface area contributed by atoms with E-state index < -0.39 is 36.2 Å². The molecule has 0 saturated heterocycles. The van der Waals surface area contributed by atoms with E-state index in [2.05, 4.69) is 25.9 Å². The van der Waals surface area contributed by atoms with Gasteiger partial charge in [-0.05, 0) is 19.9 Å². The quantitative estimate of drug-likeness (QED) is 0.0516. The topological polar surface area (TPSA) is 230 Å². The minimum absolute atomic E-state index is 0.0487. The predicted octanol–water partition coefficient (Wildman–Crippen LogP) is -5.35. The Balaban J connectivity index is 4.05. The number of rotatable bonds is 18.